The summed E-state index contributed by atoms with van der Waals surface area (Å²) < 4.78 is 159. The Morgan fingerprint density at radius 1 is 0.630 bits per heavy atom. The van der Waals surface area contributed by atoms with Crippen molar-refractivity contribution >= 4 is 30.1 Å². The summed E-state index contributed by atoms with van der Waals surface area (Å²) in [5.74, 6) is 0. The molecule has 0 rings (SSSR count). The lowest BCUT2D eigenvalue weighted by Crippen LogP contribution is -2.54. The minimum Gasteiger partial charge on any atom is -0.315 e. The van der Waals surface area contributed by atoms with Crippen molar-refractivity contribution in [3.05, 3.63) is 0 Å². The Morgan fingerprint density at radius 3 is 1.52 bits per heavy atom. The molecular weight excluding hydrogens is 470 g/mol. The van der Waals surface area contributed by atoms with Crippen LogP contribution in [0.5, 0.6) is 0 Å². The van der Waals surface area contributed by atoms with Crippen LogP contribution in [0.4, 0.5) is 35.1 Å². The van der Waals surface area contributed by atoms with Gasteiger partial charge in [0.1, 0.15) is 0 Å². The Morgan fingerprint density at radius 2 is 1.11 bits per heavy atom. The molecule has 0 aliphatic rings. The maximum Gasteiger partial charge on any atom is 0.512 e. The molecule has 164 valence electrons. The number of hydrogen-bond donors (Lipinski definition) is 3. The van der Waals surface area contributed by atoms with Gasteiger partial charge in [0.15, 0.2) is 0 Å². The second-order valence-corrected chi connectivity index (χ2v) is 10.2. The van der Waals surface area contributed by atoms with E-state index in [0.717, 1.165) is 4.72 Å². The molecule has 0 unspecified atom stereocenters. The molecule has 9 nitrogen and oxygen atoms in total. The lowest BCUT2D eigenvalue weighted by atomic mass is 10.4. The van der Waals surface area contributed by atoms with Crippen LogP contribution < -0.4 is 14.2 Å². The predicted molar refractivity (Wildman–Crippen MR) is 72.4 cm³/mol. The van der Waals surface area contributed by atoms with Gasteiger partial charge in [-0.05, 0) is 0 Å². The molecule has 0 aromatic heterocycles. The smallest absolute Gasteiger partial charge is 0.315 e. The quantitative estimate of drug-likeness (QED) is 0.289. The van der Waals surface area contributed by atoms with Gasteiger partial charge in [-0.1, -0.05) is 4.13 Å². The van der Waals surface area contributed by atoms with Crippen LogP contribution in [-0.4, -0.2) is 61.2 Å². The number of nitrogens with one attached hydrogen (secondary N) is 3. The Bertz CT molecular complexity index is 817. The third kappa shape index (κ3) is 7.25. The first-order valence-electron chi connectivity index (χ1n) is 6.15. The van der Waals surface area contributed by atoms with Crippen molar-refractivity contribution in [2.45, 2.75) is 22.7 Å². The second-order valence-electron chi connectivity index (χ2n) is 4.51. The summed E-state index contributed by atoms with van der Waals surface area (Å²) in [4.78, 5) is 0. The highest BCUT2D eigenvalue weighted by Gasteiger charge is 2.61. The van der Waals surface area contributed by atoms with Gasteiger partial charge in [-0.2, -0.15) is 35.1 Å². The fourth-order valence-electron chi connectivity index (χ4n) is 1.10. The summed E-state index contributed by atoms with van der Waals surface area (Å²) in [6.07, 6.45) is -5.92. The van der Waals surface area contributed by atoms with Crippen LogP contribution in [0.25, 0.3) is 0 Å². The zero-order valence-corrected chi connectivity index (χ0v) is 15.0. The van der Waals surface area contributed by atoms with E-state index in [9.17, 15) is 60.4 Å². The number of alkyl halides is 8. The van der Waals surface area contributed by atoms with E-state index in [0.29, 0.717) is 0 Å². The van der Waals surface area contributed by atoms with Gasteiger partial charge in [-0.3, -0.25) is 0 Å². The van der Waals surface area contributed by atoms with Crippen molar-refractivity contribution in [2.24, 2.45) is 0 Å². The molecule has 0 saturated heterocycles. The molecule has 0 aliphatic carbocycles. The van der Waals surface area contributed by atoms with Crippen LogP contribution in [0.15, 0.2) is 0 Å². The molecule has 20 heteroatoms. The van der Waals surface area contributed by atoms with Crippen molar-refractivity contribution in [3.8, 4) is 0 Å². The molecule has 0 bridgehead atoms. The Balaban J connectivity index is 5.06. The average Bonchev–Trinajstić information content (AvgIpc) is 2.38. The number of halogens is 8. The molecular formula is C7H11F8N3O6S3. The summed E-state index contributed by atoms with van der Waals surface area (Å²) in [5, 5.41) is 1.96. The summed E-state index contributed by atoms with van der Waals surface area (Å²) in [6.45, 7) is -2.53. The molecule has 0 fully saturated rings. The van der Waals surface area contributed by atoms with E-state index in [1.807, 2.05) is 5.32 Å². The van der Waals surface area contributed by atoms with Crippen LogP contribution in [0.1, 0.15) is 6.42 Å². The lowest BCUT2D eigenvalue weighted by Gasteiger charge is -2.19. The van der Waals surface area contributed by atoms with Gasteiger partial charge in [-0.25, -0.2) is 30.0 Å². The Kier molecular flexibility index (Phi) is 8.01. The number of rotatable bonds is 10. The van der Waals surface area contributed by atoms with Gasteiger partial charge in [0.05, 0.1) is 6.42 Å². The molecule has 0 amide bonds. The molecule has 0 aromatic carbocycles. The predicted octanol–water partition coefficient (Wildman–Crippen LogP) is -0.233. The topological polar surface area (TPSA) is 139 Å². The summed E-state index contributed by atoms with van der Waals surface area (Å²) in [7, 11) is -20.1. The normalized spacial score (nSPS) is 15.1. The van der Waals surface area contributed by atoms with Crippen LogP contribution in [0.2, 0.25) is 0 Å². The van der Waals surface area contributed by atoms with E-state index in [-0.39, 0.29) is 0 Å². The first-order chi connectivity index (χ1) is 11.7. The zero-order chi connectivity index (χ0) is 21.9. The third-order valence-electron chi connectivity index (χ3n) is 2.33. The van der Waals surface area contributed by atoms with Crippen LogP contribution in [0, 0.1) is 0 Å². The molecule has 0 aliphatic heterocycles. The van der Waals surface area contributed by atoms with E-state index in [2.05, 4.69) is 0 Å². The Hall–Kier alpha value is -0.830. The van der Waals surface area contributed by atoms with Gasteiger partial charge in [-0.15, -0.1) is 0 Å². The maximum absolute atomic E-state index is 13.5. The monoisotopic (exact) mass is 481 g/mol. The van der Waals surface area contributed by atoms with Crippen molar-refractivity contribution in [1.82, 2.24) is 14.2 Å². The van der Waals surface area contributed by atoms with E-state index in [4.69, 9.17) is 0 Å². The molecule has 3 N–H and O–H groups in total. The molecule has 0 spiro atoms. The van der Waals surface area contributed by atoms with Gasteiger partial charge < -0.3 is 5.32 Å². The lowest BCUT2D eigenvalue weighted by molar-refractivity contribution is -0.133. The zero-order valence-electron chi connectivity index (χ0n) is 12.5. The molecule has 0 saturated carbocycles. The molecule has 27 heavy (non-hydrogen) atoms. The summed E-state index contributed by atoms with van der Waals surface area (Å²) >= 11 is 0. The third-order valence-corrected chi connectivity index (χ3v) is 7.85. The van der Waals surface area contributed by atoms with Crippen LogP contribution >= 0.6 is 0 Å². The van der Waals surface area contributed by atoms with Crippen LogP contribution in [0.3, 0.4) is 0 Å². The van der Waals surface area contributed by atoms with Gasteiger partial charge in [0.25, 0.3) is 10.0 Å². The first kappa shape index (κ1) is 26.2. The standard InChI is InChI=1S/C7H11F8N3O6S3/c8-5(9,10)1-2-16-3-4-17-26(21,22)7(14,15)27(23,24)18-25(19,20)6(11,12)13/h16-18H,1-4H2. The fraction of sp³-hybridized carbons (Fsp3) is 1.00. The van der Waals surface area contributed by atoms with Crippen molar-refractivity contribution in [2.75, 3.05) is 19.6 Å². The highest BCUT2D eigenvalue weighted by atomic mass is 32.3. The van der Waals surface area contributed by atoms with E-state index in [1.165, 1.54) is 0 Å². The fourth-order valence-corrected chi connectivity index (χ4v) is 5.20. The SMILES string of the molecule is O=S(=O)(NS(=O)(=O)C(F)(F)S(=O)(=O)NCCNCCC(F)(F)F)C(F)(F)F. The molecule has 0 aromatic rings. The average molecular weight is 481 g/mol. The van der Waals surface area contributed by atoms with E-state index in [1.54, 1.807) is 0 Å². The summed E-state index contributed by atoms with van der Waals surface area (Å²) in [5.41, 5.74) is -6.34. The van der Waals surface area contributed by atoms with Gasteiger partial charge in [0.2, 0.25) is 0 Å². The van der Waals surface area contributed by atoms with Crippen LogP contribution in [-0.2, 0) is 30.1 Å². The van der Waals surface area contributed by atoms with Crippen molar-refractivity contribution in [3.63, 3.8) is 0 Å². The second kappa shape index (κ2) is 8.27. The Labute approximate surface area is 147 Å². The number of sulfonamides is 3. The molecule has 0 radical (unpaired) electrons. The first-order valence-corrected chi connectivity index (χ1v) is 10.6. The summed E-state index contributed by atoms with van der Waals surface area (Å²) in [6, 6.07) is 0. The van der Waals surface area contributed by atoms with Gasteiger partial charge >= 0.3 is 36.3 Å². The van der Waals surface area contributed by atoms with Crippen molar-refractivity contribution < 1.29 is 60.4 Å². The van der Waals surface area contributed by atoms with E-state index >= 15 is 0 Å². The maximum atomic E-state index is 13.5. The highest BCUT2D eigenvalue weighted by molar-refractivity contribution is 8.13. The largest absolute Gasteiger partial charge is 0.512 e. The highest BCUT2D eigenvalue weighted by Crippen LogP contribution is 2.30. The molecule has 0 atom stereocenters. The minimum atomic E-state index is -6.94. The van der Waals surface area contributed by atoms with Gasteiger partial charge in [0, 0.05) is 19.6 Å². The number of hydrogen-bond acceptors (Lipinski definition) is 7. The van der Waals surface area contributed by atoms with Crippen molar-refractivity contribution in [1.29, 1.82) is 0 Å². The van der Waals surface area contributed by atoms with E-state index < -0.39 is 76.5 Å². The minimum absolute atomic E-state index is 0.444. The molecule has 0 heterocycles.